The highest BCUT2D eigenvalue weighted by atomic mass is 16.1. The van der Waals surface area contributed by atoms with Crippen LogP contribution >= 0.6 is 0 Å². The number of nitrogens with zero attached hydrogens (tertiary/aromatic N) is 1. The third-order valence-electron chi connectivity index (χ3n) is 1.43. The fourth-order valence-corrected chi connectivity index (χ4v) is 0.879. The molecule has 0 aliphatic carbocycles. The zero-order valence-electron chi connectivity index (χ0n) is 9.37. The molecule has 1 rings (SSSR count). The molecule has 3 N–H and O–H groups in total. The number of aromatic nitrogens is 1. The Labute approximate surface area is 90.2 Å². The Balaban J connectivity index is 0.000000921. The van der Waals surface area contributed by atoms with Gasteiger partial charge >= 0.3 is 0 Å². The van der Waals surface area contributed by atoms with E-state index < -0.39 is 0 Å². The number of pyridine rings is 1. The normalized spacial score (nSPS) is 8.47. The van der Waals surface area contributed by atoms with Crippen molar-refractivity contribution >= 4 is 17.4 Å². The molecule has 82 valence electrons. The standard InChI is InChI=1S/C9H11N3O.C2H6/c1-6(10)8-3-4-11-9(5-8)12-7(2)13;1-2/h3-5H,1,10H2,2H3,(H,11,12,13);1-2H3. The van der Waals surface area contributed by atoms with Gasteiger partial charge in [-0.05, 0) is 12.1 Å². The van der Waals surface area contributed by atoms with Crippen LogP contribution in [0, 0.1) is 0 Å². The molecule has 1 aromatic heterocycles. The molecule has 0 aliphatic rings. The predicted octanol–water partition coefficient (Wildman–Crippen LogP) is 2.00. The van der Waals surface area contributed by atoms with Crippen molar-refractivity contribution in [3.63, 3.8) is 0 Å². The average Bonchev–Trinajstić information content (AvgIpc) is 2.20. The number of rotatable bonds is 2. The first-order valence-electron chi connectivity index (χ1n) is 4.78. The van der Waals surface area contributed by atoms with Gasteiger partial charge in [0.1, 0.15) is 5.82 Å². The summed E-state index contributed by atoms with van der Waals surface area (Å²) in [7, 11) is 0. The van der Waals surface area contributed by atoms with E-state index in [1.54, 1.807) is 18.3 Å². The average molecular weight is 207 g/mol. The molecule has 1 heterocycles. The fraction of sp³-hybridized carbons (Fsp3) is 0.273. The van der Waals surface area contributed by atoms with Crippen LogP contribution in [-0.2, 0) is 4.79 Å². The van der Waals surface area contributed by atoms with Crippen molar-refractivity contribution in [2.45, 2.75) is 20.8 Å². The van der Waals surface area contributed by atoms with Crippen molar-refractivity contribution in [2.24, 2.45) is 5.73 Å². The van der Waals surface area contributed by atoms with E-state index >= 15 is 0 Å². The Morgan fingerprint density at radius 1 is 1.53 bits per heavy atom. The molecule has 0 radical (unpaired) electrons. The fourth-order valence-electron chi connectivity index (χ4n) is 0.879. The minimum absolute atomic E-state index is 0.160. The summed E-state index contributed by atoms with van der Waals surface area (Å²) in [6, 6.07) is 3.40. The van der Waals surface area contributed by atoms with Crippen LogP contribution in [0.25, 0.3) is 5.70 Å². The van der Waals surface area contributed by atoms with E-state index in [4.69, 9.17) is 5.73 Å². The van der Waals surface area contributed by atoms with Gasteiger partial charge in [0.05, 0.1) is 0 Å². The van der Waals surface area contributed by atoms with Crippen LogP contribution in [0.15, 0.2) is 24.9 Å². The quantitative estimate of drug-likeness (QED) is 0.779. The summed E-state index contributed by atoms with van der Waals surface area (Å²) in [5.41, 5.74) is 6.69. The Bertz CT molecular complexity index is 347. The molecule has 0 saturated carbocycles. The van der Waals surface area contributed by atoms with Crippen LogP contribution in [0.4, 0.5) is 5.82 Å². The second-order valence-electron chi connectivity index (χ2n) is 2.64. The first kappa shape index (κ1) is 13.2. The van der Waals surface area contributed by atoms with Crippen LogP contribution < -0.4 is 11.1 Å². The summed E-state index contributed by atoms with van der Waals surface area (Å²) in [6.07, 6.45) is 1.57. The summed E-state index contributed by atoms with van der Waals surface area (Å²) in [4.78, 5) is 14.6. The molecule has 0 aromatic carbocycles. The Hall–Kier alpha value is -1.84. The Kier molecular flexibility index (Phi) is 5.78. The molecule has 0 aliphatic heterocycles. The van der Waals surface area contributed by atoms with Crippen molar-refractivity contribution < 1.29 is 4.79 Å². The Morgan fingerprint density at radius 2 is 2.13 bits per heavy atom. The topological polar surface area (TPSA) is 68.0 Å². The van der Waals surface area contributed by atoms with Gasteiger partial charge in [0.2, 0.25) is 5.91 Å². The number of carbonyl (C=O) groups is 1. The molecule has 0 fully saturated rings. The molecule has 0 bridgehead atoms. The lowest BCUT2D eigenvalue weighted by Crippen LogP contribution is -2.07. The summed E-state index contributed by atoms with van der Waals surface area (Å²) < 4.78 is 0. The van der Waals surface area contributed by atoms with Crippen molar-refractivity contribution in [1.82, 2.24) is 4.98 Å². The summed E-state index contributed by atoms with van der Waals surface area (Å²) in [6.45, 7) is 9.01. The van der Waals surface area contributed by atoms with Gasteiger partial charge in [-0.2, -0.15) is 0 Å². The molecule has 0 unspecified atom stereocenters. The van der Waals surface area contributed by atoms with Crippen LogP contribution in [-0.4, -0.2) is 10.9 Å². The SMILES string of the molecule is C=C(N)c1ccnc(NC(C)=O)c1.CC. The summed E-state index contributed by atoms with van der Waals surface area (Å²) in [5.74, 6) is 0.323. The number of hydrogen-bond donors (Lipinski definition) is 2. The first-order valence-corrected chi connectivity index (χ1v) is 4.78. The van der Waals surface area contributed by atoms with Crippen LogP contribution in [0.5, 0.6) is 0 Å². The highest BCUT2D eigenvalue weighted by Gasteiger charge is 1.99. The van der Waals surface area contributed by atoms with Gasteiger partial charge in [-0.1, -0.05) is 20.4 Å². The molecule has 0 saturated heterocycles. The van der Waals surface area contributed by atoms with Crippen molar-refractivity contribution in [3.05, 3.63) is 30.5 Å². The van der Waals surface area contributed by atoms with E-state index in [-0.39, 0.29) is 5.91 Å². The number of anilines is 1. The van der Waals surface area contributed by atoms with E-state index in [2.05, 4.69) is 16.9 Å². The number of hydrogen-bond acceptors (Lipinski definition) is 3. The summed E-state index contributed by atoms with van der Waals surface area (Å²) in [5, 5.41) is 2.55. The largest absolute Gasteiger partial charge is 0.399 e. The third kappa shape index (κ3) is 4.81. The van der Waals surface area contributed by atoms with E-state index in [9.17, 15) is 4.79 Å². The van der Waals surface area contributed by atoms with Crippen LogP contribution in [0.1, 0.15) is 26.3 Å². The lowest BCUT2D eigenvalue weighted by atomic mass is 10.2. The van der Waals surface area contributed by atoms with E-state index in [0.717, 1.165) is 5.56 Å². The smallest absolute Gasteiger partial charge is 0.222 e. The van der Waals surface area contributed by atoms with Gasteiger partial charge in [-0.15, -0.1) is 0 Å². The van der Waals surface area contributed by atoms with Gasteiger partial charge in [0, 0.05) is 24.4 Å². The molecule has 1 aromatic rings. The number of amides is 1. The van der Waals surface area contributed by atoms with Gasteiger partial charge in [0.15, 0.2) is 0 Å². The molecule has 0 atom stereocenters. The lowest BCUT2D eigenvalue weighted by molar-refractivity contribution is -0.114. The maximum absolute atomic E-state index is 10.7. The van der Waals surface area contributed by atoms with Crippen LogP contribution in [0.3, 0.4) is 0 Å². The molecule has 0 spiro atoms. The van der Waals surface area contributed by atoms with Gasteiger partial charge in [0.25, 0.3) is 0 Å². The van der Waals surface area contributed by atoms with E-state index in [1.807, 2.05) is 13.8 Å². The zero-order valence-corrected chi connectivity index (χ0v) is 9.37. The number of carbonyl (C=O) groups excluding carboxylic acids is 1. The summed E-state index contributed by atoms with van der Waals surface area (Å²) >= 11 is 0. The van der Waals surface area contributed by atoms with Crippen molar-refractivity contribution in [1.29, 1.82) is 0 Å². The minimum atomic E-state index is -0.160. The van der Waals surface area contributed by atoms with Crippen molar-refractivity contribution in [3.8, 4) is 0 Å². The highest BCUT2D eigenvalue weighted by Crippen LogP contribution is 2.10. The van der Waals surface area contributed by atoms with Gasteiger partial charge < -0.3 is 11.1 Å². The second-order valence-corrected chi connectivity index (χ2v) is 2.64. The minimum Gasteiger partial charge on any atom is -0.399 e. The monoisotopic (exact) mass is 207 g/mol. The lowest BCUT2D eigenvalue weighted by Gasteiger charge is -2.03. The van der Waals surface area contributed by atoms with E-state index in [1.165, 1.54) is 6.92 Å². The van der Waals surface area contributed by atoms with Crippen LogP contribution in [0.2, 0.25) is 0 Å². The van der Waals surface area contributed by atoms with E-state index in [0.29, 0.717) is 11.5 Å². The van der Waals surface area contributed by atoms with Gasteiger partial charge in [-0.25, -0.2) is 4.98 Å². The molecular formula is C11H17N3O. The van der Waals surface area contributed by atoms with Gasteiger partial charge in [-0.3, -0.25) is 4.79 Å². The van der Waals surface area contributed by atoms with Crippen molar-refractivity contribution in [2.75, 3.05) is 5.32 Å². The zero-order chi connectivity index (χ0) is 11.8. The molecular weight excluding hydrogens is 190 g/mol. The molecule has 4 nitrogen and oxygen atoms in total. The predicted molar refractivity (Wildman–Crippen MR) is 63.1 cm³/mol. The third-order valence-corrected chi connectivity index (χ3v) is 1.43. The second kappa shape index (κ2) is 6.59. The number of nitrogens with one attached hydrogen (secondary N) is 1. The molecule has 15 heavy (non-hydrogen) atoms. The Morgan fingerprint density at radius 3 is 2.60 bits per heavy atom. The molecule has 4 heteroatoms. The molecule has 1 amide bonds. The number of nitrogens with two attached hydrogens (primary N) is 1. The first-order chi connectivity index (χ1) is 7.09. The maximum Gasteiger partial charge on any atom is 0.222 e. The highest BCUT2D eigenvalue weighted by molar-refractivity contribution is 5.88. The maximum atomic E-state index is 10.7.